The molecule has 2 aromatic carbocycles. The van der Waals surface area contributed by atoms with Gasteiger partial charge < -0.3 is 5.41 Å². The van der Waals surface area contributed by atoms with Crippen LogP contribution in [-0.2, 0) is 5.41 Å². The molecule has 1 N–H and O–H groups in total. The van der Waals surface area contributed by atoms with Crippen LogP contribution in [0.15, 0.2) is 66.2 Å². The number of hydrogen-bond acceptors (Lipinski definition) is 4. The maximum atomic E-state index is 9.93. The normalized spacial score (nSPS) is 21.4. The van der Waals surface area contributed by atoms with Crippen molar-refractivity contribution < 1.29 is 0 Å². The zero-order valence-electron chi connectivity index (χ0n) is 14.3. The lowest BCUT2D eigenvalue weighted by Crippen LogP contribution is -2.50. The number of allylic oxidation sites excluding steroid dienone is 2. The van der Waals surface area contributed by atoms with E-state index in [2.05, 4.69) is 18.2 Å². The van der Waals surface area contributed by atoms with Crippen molar-refractivity contribution in [2.75, 3.05) is 0 Å². The van der Waals surface area contributed by atoms with Crippen molar-refractivity contribution in [3.05, 3.63) is 77.4 Å². The second-order valence-corrected chi connectivity index (χ2v) is 6.55. The van der Waals surface area contributed by atoms with E-state index in [4.69, 9.17) is 5.41 Å². The van der Waals surface area contributed by atoms with E-state index < -0.39 is 10.8 Å². The van der Waals surface area contributed by atoms with Gasteiger partial charge in [0, 0.05) is 5.41 Å². The molecule has 2 aromatic rings. The molecular formula is C22H16N4. The van der Waals surface area contributed by atoms with Gasteiger partial charge in [-0.3, -0.25) is 0 Å². The number of rotatable bonds is 2. The molecule has 1 atom stereocenters. The summed E-state index contributed by atoms with van der Waals surface area (Å²) in [6, 6.07) is 24.9. The van der Waals surface area contributed by atoms with Crippen LogP contribution in [0.2, 0.25) is 0 Å². The van der Waals surface area contributed by atoms with Crippen molar-refractivity contribution in [1.29, 1.82) is 21.2 Å². The largest absolute Gasteiger partial charge is 0.301 e. The molecular weight excluding hydrogens is 320 g/mol. The summed E-state index contributed by atoms with van der Waals surface area (Å²) < 4.78 is 0. The van der Waals surface area contributed by atoms with E-state index in [1.807, 2.05) is 67.6 Å². The summed E-state index contributed by atoms with van der Waals surface area (Å²) in [6.45, 7) is 1.83. The third-order valence-electron chi connectivity index (χ3n) is 5.27. The fourth-order valence-corrected chi connectivity index (χ4v) is 3.71. The average Bonchev–Trinajstić information content (AvgIpc) is 2.70. The molecule has 26 heavy (non-hydrogen) atoms. The molecule has 0 aliphatic heterocycles. The lowest BCUT2D eigenvalue weighted by atomic mass is 9.53. The first-order chi connectivity index (χ1) is 12.5. The van der Waals surface area contributed by atoms with Crippen molar-refractivity contribution in [2.24, 2.45) is 5.41 Å². The molecule has 0 aromatic heterocycles. The Morgan fingerprint density at radius 3 is 1.92 bits per heavy atom. The quantitative estimate of drug-likeness (QED) is 0.881. The standard InChI is InChI=1S/C22H16N4/c1-21(17-10-6-3-7-11-17)12-18(16-8-4-2-5-9-16)19(13-23)20(26)22(21,14-24)15-25/h2-11,26H,12H2,1H3/t21-/m0/s1. The van der Waals surface area contributed by atoms with Gasteiger partial charge in [-0.15, -0.1) is 0 Å². The Morgan fingerprint density at radius 2 is 1.42 bits per heavy atom. The summed E-state index contributed by atoms with van der Waals surface area (Å²) >= 11 is 0. The van der Waals surface area contributed by atoms with E-state index in [1.165, 1.54) is 0 Å². The molecule has 1 aliphatic rings. The SMILES string of the molecule is C[C@@]1(c2ccccc2)CC(c2ccccc2)=C(C#N)C(=N)C1(C#N)C#N. The van der Waals surface area contributed by atoms with Gasteiger partial charge in [0.15, 0.2) is 5.41 Å². The number of hydrogen-bond donors (Lipinski definition) is 1. The molecule has 0 bridgehead atoms. The van der Waals surface area contributed by atoms with Gasteiger partial charge in [-0.25, -0.2) is 0 Å². The lowest BCUT2D eigenvalue weighted by molar-refractivity contribution is 0.357. The van der Waals surface area contributed by atoms with Crippen LogP contribution in [0, 0.1) is 44.8 Å². The van der Waals surface area contributed by atoms with Crippen molar-refractivity contribution in [3.63, 3.8) is 0 Å². The van der Waals surface area contributed by atoms with Crippen molar-refractivity contribution in [2.45, 2.75) is 18.8 Å². The minimum Gasteiger partial charge on any atom is -0.301 e. The van der Waals surface area contributed by atoms with Crippen molar-refractivity contribution in [3.8, 4) is 18.2 Å². The molecule has 0 unspecified atom stereocenters. The fourth-order valence-electron chi connectivity index (χ4n) is 3.71. The smallest absolute Gasteiger partial charge is 0.195 e. The Kier molecular flexibility index (Phi) is 4.17. The second-order valence-electron chi connectivity index (χ2n) is 6.55. The van der Waals surface area contributed by atoms with Gasteiger partial charge >= 0.3 is 0 Å². The number of nitrogens with one attached hydrogen (secondary N) is 1. The zero-order chi connectivity index (χ0) is 18.8. The topological polar surface area (TPSA) is 95.2 Å². The van der Waals surface area contributed by atoms with Gasteiger partial charge in [-0.2, -0.15) is 15.8 Å². The summed E-state index contributed by atoms with van der Waals surface area (Å²) in [7, 11) is 0. The van der Waals surface area contributed by atoms with E-state index in [9.17, 15) is 15.8 Å². The predicted molar refractivity (Wildman–Crippen MR) is 98.8 cm³/mol. The Balaban J connectivity index is 2.35. The highest BCUT2D eigenvalue weighted by molar-refractivity contribution is 6.16. The molecule has 3 rings (SSSR count). The van der Waals surface area contributed by atoms with Crippen molar-refractivity contribution >= 4 is 11.3 Å². The lowest BCUT2D eigenvalue weighted by Gasteiger charge is -2.44. The summed E-state index contributed by atoms with van der Waals surface area (Å²) in [4.78, 5) is 0. The molecule has 124 valence electrons. The van der Waals surface area contributed by atoms with Gasteiger partial charge in [-0.1, -0.05) is 67.6 Å². The van der Waals surface area contributed by atoms with E-state index in [1.54, 1.807) is 0 Å². The minimum atomic E-state index is -1.72. The monoisotopic (exact) mass is 336 g/mol. The Hall–Kier alpha value is -3.68. The van der Waals surface area contributed by atoms with E-state index >= 15 is 0 Å². The highest BCUT2D eigenvalue weighted by atomic mass is 14.6. The summed E-state index contributed by atoms with van der Waals surface area (Å²) in [6.07, 6.45) is 0.327. The van der Waals surface area contributed by atoms with Gasteiger partial charge in [0.1, 0.15) is 6.07 Å². The minimum absolute atomic E-state index is 0.118. The molecule has 0 fully saturated rings. The first kappa shape index (κ1) is 17.2. The summed E-state index contributed by atoms with van der Waals surface area (Å²) in [5.74, 6) is 0. The van der Waals surface area contributed by atoms with Crippen LogP contribution < -0.4 is 0 Å². The first-order valence-electron chi connectivity index (χ1n) is 8.20. The molecule has 1 aliphatic carbocycles. The maximum absolute atomic E-state index is 9.93. The zero-order valence-corrected chi connectivity index (χ0v) is 14.3. The van der Waals surface area contributed by atoms with Gasteiger partial charge in [0.2, 0.25) is 0 Å². The van der Waals surface area contributed by atoms with E-state index in [0.29, 0.717) is 12.0 Å². The van der Waals surface area contributed by atoms with E-state index in [-0.39, 0.29) is 11.3 Å². The Morgan fingerprint density at radius 1 is 0.885 bits per heavy atom. The van der Waals surface area contributed by atoms with Crippen LogP contribution in [0.25, 0.3) is 5.57 Å². The van der Waals surface area contributed by atoms with Crippen LogP contribution in [0.4, 0.5) is 0 Å². The number of nitrogens with zero attached hydrogens (tertiary/aromatic N) is 3. The molecule has 0 radical (unpaired) electrons. The highest BCUT2D eigenvalue weighted by Gasteiger charge is 2.58. The highest BCUT2D eigenvalue weighted by Crippen LogP contribution is 2.53. The predicted octanol–water partition coefficient (Wildman–Crippen LogP) is 4.38. The molecule has 0 saturated heterocycles. The molecule has 0 amide bonds. The summed E-state index contributed by atoms with van der Waals surface area (Å²) in [5, 5.41) is 38.2. The van der Waals surface area contributed by atoms with Crippen LogP contribution in [0.3, 0.4) is 0 Å². The molecule has 4 heteroatoms. The van der Waals surface area contributed by atoms with Crippen LogP contribution in [0.5, 0.6) is 0 Å². The van der Waals surface area contributed by atoms with Crippen LogP contribution >= 0.6 is 0 Å². The van der Waals surface area contributed by atoms with Crippen LogP contribution in [0.1, 0.15) is 24.5 Å². The van der Waals surface area contributed by atoms with Gasteiger partial charge in [-0.05, 0) is 23.1 Å². The fraction of sp³-hybridized carbons (Fsp3) is 0.182. The van der Waals surface area contributed by atoms with Gasteiger partial charge in [0.05, 0.1) is 23.4 Å². The molecule has 4 nitrogen and oxygen atoms in total. The Labute approximate surface area is 152 Å². The summed E-state index contributed by atoms with van der Waals surface area (Å²) in [5.41, 5.74) is -0.434. The third kappa shape index (κ3) is 2.23. The van der Waals surface area contributed by atoms with Crippen LogP contribution in [-0.4, -0.2) is 5.71 Å². The maximum Gasteiger partial charge on any atom is 0.195 e. The molecule has 0 heterocycles. The third-order valence-corrected chi connectivity index (χ3v) is 5.27. The molecule has 0 spiro atoms. The van der Waals surface area contributed by atoms with E-state index in [0.717, 1.165) is 11.1 Å². The van der Waals surface area contributed by atoms with Crippen molar-refractivity contribution in [1.82, 2.24) is 0 Å². The number of benzene rings is 2. The van der Waals surface area contributed by atoms with Gasteiger partial charge in [0.25, 0.3) is 0 Å². The second kappa shape index (κ2) is 6.32. The molecule has 0 saturated carbocycles. The Bertz CT molecular complexity index is 1000. The first-order valence-corrected chi connectivity index (χ1v) is 8.20. The number of nitriles is 3. The average molecular weight is 336 g/mol.